The van der Waals surface area contributed by atoms with Crippen LogP contribution in [0.5, 0.6) is 0 Å². The smallest absolute Gasteiger partial charge is 0.387 e. The lowest BCUT2D eigenvalue weighted by Crippen LogP contribution is -2.37. The fourth-order valence-electron chi connectivity index (χ4n) is 2.84. The van der Waals surface area contributed by atoms with Crippen molar-refractivity contribution in [1.29, 1.82) is 0 Å². The molecular weight excluding hydrogens is 377 g/mol. The maximum absolute atomic E-state index is 11.6. The van der Waals surface area contributed by atoms with Gasteiger partial charge < -0.3 is 15.7 Å². The van der Waals surface area contributed by atoms with E-state index in [1.165, 1.54) is 57.8 Å². The van der Waals surface area contributed by atoms with Crippen molar-refractivity contribution in [3.8, 4) is 0 Å². The van der Waals surface area contributed by atoms with Crippen LogP contribution in [0.4, 0.5) is 0 Å². The maximum atomic E-state index is 11.6. The molecule has 0 aromatic heterocycles. The van der Waals surface area contributed by atoms with Crippen LogP contribution in [0.2, 0.25) is 0 Å². The molecule has 0 rings (SSSR count). The Kier molecular flexibility index (Phi) is 17.5. The molecule has 0 aromatic rings. The molecule has 4 N–H and O–H groups in total. The monoisotopic (exact) mass is 421 g/mol. The zero-order valence-corrected chi connectivity index (χ0v) is 19.1. The number of allylic oxidation sites excluding steroid dienone is 1. The standard InChI is InChI=1S/C21H44NO5P/c1-4-6-7-8-9-10-11-12-13-14-19(3)15-16-21(23)20(22)18-27-28(24,25)26-17-5-2/h15-16,19-21,23H,4-14,17-18,22H2,1-3H3,(H,24,25)/b16-15+. The first-order chi connectivity index (χ1) is 13.3. The molecule has 0 bridgehead atoms. The molecule has 0 radical (unpaired) electrons. The molecule has 4 atom stereocenters. The Balaban J connectivity index is 3.85. The summed E-state index contributed by atoms with van der Waals surface area (Å²) in [5.74, 6) is 0.365. The summed E-state index contributed by atoms with van der Waals surface area (Å²) in [6.45, 7) is 6.09. The van der Waals surface area contributed by atoms with Gasteiger partial charge in [-0.2, -0.15) is 0 Å². The number of hydrogen-bond donors (Lipinski definition) is 3. The lowest BCUT2D eigenvalue weighted by Gasteiger charge is -2.18. The summed E-state index contributed by atoms with van der Waals surface area (Å²) in [6.07, 6.45) is 16.2. The van der Waals surface area contributed by atoms with Gasteiger partial charge in [-0.3, -0.25) is 9.05 Å². The quantitative estimate of drug-likeness (QED) is 0.148. The third kappa shape index (κ3) is 16.7. The highest BCUT2D eigenvalue weighted by atomic mass is 31.2. The summed E-state index contributed by atoms with van der Waals surface area (Å²) >= 11 is 0. The third-order valence-electron chi connectivity index (χ3n) is 4.73. The molecule has 0 aliphatic carbocycles. The molecule has 0 heterocycles. The van der Waals surface area contributed by atoms with Crippen molar-refractivity contribution in [2.24, 2.45) is 11.7 Å². The Labute approximate surface area is 172 Å². The first kappa shape index (κ1) is 27.8. The van der Waals surface area contributed by atoms with E-state index in [0.29, 0.717) is 12.3 Å². The number of aliphatic hydroxyl groups excluding tert-OH is 1. The van der Waals surface area contributed by atoms with Gasteiger partial charge in [0.2, 0.25) is 0 Å². The molecule has 7 heteroatoms. The van der Waals surface area contributed by atoms with Crippen LogP contribution in [0.1, 0.15) is 91.4 Å². The Hall–Kier alpha value is -0.230. The highest BCUT2D eigenvalue weighted by Crippen LogP contribution is 2.43. The molecule has 6 nitrogen and oxygen atoms in total. The molecule has 0 saturated carbocycles. The summed E-state index contributed by atoms with van der Waals surface area (Å²) in [5.41, 5.74) is 5.82. The Morgan fingerprint density at radius 1 is 0.929 bits per heavy atom. The van der Waals surface area contributed by atoms with E-state index in [0.717, 1.165) is 6.42 Å². The number of phosphoric ester groups is 1. The van der Waals surface area contributed by atoms with Crippen molar-refractivity contribution in [2.75, 3.05) is 13.2 Å². The topological polar surface area (TPSA) is 102 Å². The number of phosphoric acid groups is 1. The number of nitrogens with two attached hydrogens (primary N) is 1. The van der Waals surface area contributed by atoms with Gasteiger partial charge in [-0.1, -0.05) is 90.7 Å². The van der Waals surface area contributed by atoms with E-state index in [1.807, 2.05) is 13.0 Å². The van der Waals surface area contributed by atoms with E-state index in [2.05, 4.69) is 13.8 Å². The van der Waals surface area contributed by atoms with Crippen LogP contribution in [0.15, 0.2) is 12.2 Å². The van der Waals surface area contributed by atoms with Gasteiger partial charge in [0, 0.05) is 0 Å². The van der Waals surface area contributed by atoms with E-state index >= 15 is 0 Å². The van der Waals surface area contributed by atoms with Gasteiger partial charge in [-0.15, -0.1) is 0 Å². The minimum absolute atomic E-state index is 0.141. The van der Waals surface area contributed by atoms with Crippen molar-refractivity contribution in [1.82, 2.24) is 0 Å². The first-order valence-corrected chi connectivity index (χ1v) is 12.6. The average molecular weight is 422 g/mol. The number of hydrogen-bond acceptors (Lipinski definition) is 5. The van der Waals surface area contributed by atoms with Crippen molar-refractivity contribution < 1.29 is 23.6 Å². The molecule has 0 fully saturated rings. The maximum Gasteiger partial charge on any atom is 0.472 e. The van der Waals surface area contributed by atoms with Crippen LogP contribution in [0.3, 0.4) is 0 Å². The Morgan fingerprint density at radius 3 is 2.07 bits per heavy atom. The summed E-state index contributed by atoms with van der Waals surface area (Å²) < 4.78 is 21.1. The number of aliphatic hydroxyl groups is 1. The van der Waals surface area contributed by atoms with E-state index < -0.39 is 20.0 Å². The predicted octanol–water partition coefficient (Wildman–Crippen LogP) is 5.33. The number of unbranched alkanes of at least 4 members (excludes halogenated alkanes) is 8. The average Bonchev–Trinajstić information content (AvgIpc) is 2.67. The molecule has 0 aliphatic rings. The predicted molar refractivity (Wildman–Crippen MR) is 116 cm³/mol. The van der Waals surface area contributed by atoms with E-state index in [9.17, 15) is 14.6 Å². The summed E-state index contributed by atoms with van der Waals surface area (Å²) in [6, 6.07) is -0.776. The minimum Gasteiger partial charge on any atom is -0.387 e. The summed E-state index contributed by atoms with van der Waals surface area (Å²) in [5, 5.41) is 10.1. The van der Waals surface area contributed by atoms with Crippen LogP contribution in [0, 0.1) is 5.92 Å². The zero-order valence-electron chi connectivity index (χ0n) is 18.2. The van der Waals surface area contributed by atoms with Crippen molar-refractivity contribution in [3.63, 3.8) is 0 Å². The minimum atomic E-state index is -4.09. The zero-order chi connectivity index (χ0) is 21.3. The van der Waals surface area contributed by atoms with Gasteiger partial charge in [0.25, 0.3) is 0 Å². The van der Waals surface area contributed by atoms with Gasteiger partial charge in [0.15, 0.2) is 0 Å². The fourth-order valence-corrected chi connectivity index (χ4v) is 3.69. The van der Waals surface area contributed by atoms with Gasteiger partial charge in [0.05, 0.1) is 25.4 Å². The second kappa shape index (κ2) is 17.6. The highest BCUT2D eigenvalue weighted by Gasteiger charge is 2.23. The van der Waals surface area contributed by atoms with E-state index in [1.54, 1.807) is 6.08 Å². The Bertz CT molecular complexity index is 433. The molecule has 4 unspecified atom stereocenters. The molecule has 0 saturated heterocycles. The lowest BCUT2D eigenvalue weighted by atomic mass is 10.00. The normalized spacial score (nSPS) is 17.5. The number of rotatable bonds is 19. The third-order valence-corrected chi connectivity index (χ3v) is 5.71. The molecule has 168 valence electrons. The van der Waals surface area contributed by atoms with Crippen molar-refractivity contribution in [3.05, 3.63) is 12.2 Å². The summed E-state index contributed by atoms with van der Waals surface area (Å²) in [4.78, 5) is 9.46. The van der Waals surface area contributed by atoms with Gasteiger partial charge in [0.1, 0.15) is 0 Å². The second-order valence-electron chi connectivity index (χ2n) is 7.73. The van der Waals surface area contributed by atoms with Crippen LogP contribution in [0.25, 0.3) is 0 Å². The van der Waals surface area contributed by atoms with Gasteiger partial charge >= 0.3 is 7.82 Å². The second-order valence-corrected chi connectivity index (χ2v) is 9.18. The van der Waals surface area contributed by atoms with E-state index in [4.69, 9.17) is 14.8 Å². The molecule has 0 amide bonds. The first-order valence-electron chi connectivity index (χ1n) is 11.1. The lowest BCUT2D eigenvalue weighted by molar-refractivity contribution is 0.111. The van der Waals surface area contributed by atoms with Gasteiger partial charge in [-0.25, -0.2) is 4.57 Å². The van der Waals surface area contributed by atoms with Crippen molar-refractivity contribution in [2.45, 2.75) is 104 Å². The SMILES string of the molecule is CCCCCCCCCCCC(C)/C=C/C(O)C(N)COP(=O)(O)OCCC. The van der Waals surface area contributed by atoms with Crippen LogP contribution >= 0.6 is 7.82 Å². The van der Waals surface area contributed by atoms with Crippen LogP contribution < -0.4 is 5.73 Å². The van der Waals surface area contributed by atoms with E-state index in [-0.39, 0.29) is 13.2 Å². The Morgan fingerprint density at radius 2 is 1.50 bits per heavy atom. The summed E-state index contributed by atoms with van der Waals surface area (Å²) in [7, 11) is -4.09. The molecule has 0 aliphatic heterocycles. The molecular formula is C21H44NO5P. The van der Waals surface area contributed by atoms with Crippen LogP contribution in [-0.2, 0) is 13.6 Å². The van der Waals surface area contributed by atoms with Crippen molar-refractivity contribution >= 4 is 7.82 Å². The largest absolute Gasteiger partial charge is 0.472 e. The molecule has 28 heavy (non-hydrogen) atoms. The van der Waals surface area contributed by atoms with Crippen LogP contribution in [-0.4, -0.2) is 35.4 Å². The molecule has 0 aromatic carbocycles. The molecule has 0 spiro atoms. The van der Waals surface area contributed by atoms with Gasteiger partial charge in [-0.05, 0) is 18.8 Å². The fraction of sp³-hybridized carbons (Fsp3) is 0.905. The highest BCUT2D eigenvalue weighted by molar-refractivity contribution is 7.47.